The molecule has 0 radical (unpaired) electrons. The number of fused-ring (bicyclic) bond motifs is 1. The van der Waals surface area contributed by atoms with Gasteiger partial charge in [-0.15, -0.1) is 0 Å². The van der Waals surface area contributed by atoms with Crippen LogP contribution in [0.3, 0.4) is 0 Å². The van der Waals surface area contributed by atoms with E-state index >= 15 is 0 Å². The first-order valence-electron chi connectivity index (χ1n) is 9.77. The number of piperidine rings is 1. The number of halogens is 1. The van der Waals surface area contributed by atoms with Crippen molar-refractivity contribution in [2.75, 3.05) is 19.7 Å². The zero-order chi connectivity index (χ0) is 18.5. The quantitative estimate of drug-likeness (QED) is 0.454. The van der Waals surface area contributed by atoms with E-state index in [-0.39, 0.29) is 0 Å². The molecule has 4 rings (SSSR count). The molecule has 0 aliphatic carbocycles. The Morgan fingerprint density at radius 1 is 1.07 bits per heavy atom. The average Bonchev–Trinajstić information content (AvgIpc) is 2.74. The van der Waals surface area contributed by atoms with Crippen molar-refractivity contribution in [1.82, 2.24) is 9.88 Å². The van der Waals surface area contributed by atoms with E-state index in [1.54, 1.807) is 0 Å². The largest absolute Gasteiger partial charge is 0.492 e. The molecule has 0 unspecified atom stereocenters. The van der Waals surface area contributed by atoms with Crippen molar-refractivity contribution in [2.45, 2.75) is 31.7 Å². The molecule has 0 bridgehead atoms. The van der Waals surface area contributed by atoms with Gasteiger partial charge in [0.2, 0.25) is 0 Å². The second-order valence-electron chi connectivity index (χ2n) is 7.13. The van der Waals surface area contributed by atoms with Gasteiger partial charge in [-0.25, -0.2) is 0 Å². The summed E-state index contributed by atoms with van der Waals surface area (Å²) >= 11 is 3.71. The molecule has 0 spiro atoms. The lowest BCUT2D eigenvalue weighted by Gasteiger charge is -2.35. The summed E-state index contributed by atoms with van der Waals surface area (Å²) in [6, 6.07) is 17.3. The first-order chi connectivity index (χ1) is 13.3. The molecule has 4 heteroatoms. The third-order valence-electron chi connectivity index (χ3n) is 5.36. The second kappa shape index (κ2) is 8.85. The normalized spacial score (nSPS) is 17.9. The molecule has 1 saturated heterocycles. The zero-order valence-electron chi connectivity index (χ0n) is 15.5. The summed E-state index contributed by atoms with van der Waals surface area (Å²) in [5.74, 6) is 0.927. The number of rotatable bonds is 6. The Hall–Kier alpha value is -1.91. The van der Waals surface area contributed by atoms with E-state index in [0.29, 0.717) is 6.04 Å². The standard InChI is InChI=1S/C23H25BrN2O/c24-23-20-9-2-1-7-18(20)11-12-22(23)27-16-6-15-26-14-4-3-10-21(26)19-8-5-13-25-17-19/h1-2,5,7-9,11-13,17,21H,3-4,6,10,14-16H2/t21-/m0/s1. The first kappa shape index (κ1) is 18.5. The minimum absolute atomic E-state index is 0.500. The van der Waals surface area contributed by atoms with E-state index < -0.39 is 0 Å². The summed E-state index contributed by atoms with van der Waals surface area (Å²) in [5, 5.41) is 2.42. The summed E-state index contributed by atoms with van der Waals surface area (Å²) in [4.78, 5) is 6.90. The highest BCUT2D eigenvalue weighted by atomic mass is 79.9. The van der Waals surface area contributed by atoms with Crippen LogP contribution in [0.2, 0.25) is 0 Å². The van der Waals surface area contributed by atoms with Crippen LogP contribution in [0, 0.1) is 0 Å². The molecular formula is C23H25BrN2O. The third kappa shape index (κ3) is 4.33. The summed E-state index contributed by atoms with van der Waals surface area (Å²) in [5.41, 5.74) is 1.34. The minimum Gasteiger partial charge on any atom is -0.492 e. The van der Waals surface area contributed by atoms with E-state index in [1.807, 2.05) is 18.5 Å². The molecule has 1 aromatic heterocycles. The second-order valence-corrected chi connectivity index (χ2v) is 7.93. The van der Waals surface area contributed by atoms with Gasteiger partial charge in [0.15, 0.2) is 0 Å². The van der Waals surface area contributed by atoms with Crippen LogP contribution in [-0.2, 0) is 0 Å². The molecule has 2 aromatic carbocycles. The van der Waals surface area contributed by atoms with Crippen molar-refractivity contribution in [3.63, 3.8) is 0 Å². The van der Waals surface area contributed by atoms with E-state index in [9.17, 15) is 0 Å². The lowest BCUT2D eigenvalue weighted by atomic mass is 9.96. The van der Waals surface area contributed by atoms with Crippen LogP contribution in [0.1, 0.15) is 37.3 Å². The molecule has 0 N–H and O–H groups in total. The SMILES string of the molecule is Brc1c(OCCCN2CCCC[C@H]2c2cccnc2)ccc2ccccc12. The molecule has 0 amide bonds. The van der Waals surface area contributed by atoms with Crippen LogP contribution >= 0.6 is 15.9 Å². The Labute approximate surface area is 169 Å². The molecule has 3 nitrogen and oxygen atoms in total. The fraction of sp³-hybridized carbons (Fsp3) is 0.348. The predicted octanol–water partition coefficient (Wildman–Crippen LogP) is 5.99. The van der Waals surface area contributed by atoms with Gasteiger partial charge in [-0.05, 0) is 70.2 Å². The summed E-state index contributed by atoms with van der Waals surface area (Å²) in [6.07, 6.45) is 8.71. The molecule has 0 saturated carbocycles. The van der Waals surface area contributed by atoms with Crippen molar-refractivity contribution in [2.24, 2.45) is 0 Å². The van der Waals surface area contributed by atoms with Gasteiger partial charge in [0.05, 0.1) is 11.1 Å². The van der Waals surface area contributed by atoms with Crippen molar-refractivity contribution < 1.29 is 4.74 Å². The van der Waals surface area contributed by atoms with E-state index in [1.165, 1.54) is 42.1 Å². The van der Waals surface area contributed by atoms with E-state index in [4.69, 9.17) is 4.74 Å². The Bertz CT molecular complexity index is 884. The van der Waals surface area contributed by atoms with Gasteiger partial charge in [-0.1, -0.05) is 42.8 Å². The molecule has 1 atom stereocenters. The Morgan fingerprint density at radius 2 is 2.00 bits per heavy atom. The van der Waals surface area contributed by atoms with Gasteiger partial charge in [-0.3, -0.25) is 9.88 Å². The Morgan fingerprint density at radius 3 is 2.89 bits per heavy atom. The molecule has 3 aromatic rings. The Balaban J connectivity index is 1.35. The molecular weight excluding hydrogens is 400 g/mol. The van der Waals surface area contributed by atoms with Gasteiger partial charge < -0.3 is 4.74 Å². The fourth-order valence-corrected chi connectivity index (χ4v) is 4.59. The van der Waals surface area contributed by atoms with Crippen LogP contribution < -0.4 is 4.74 Å². The number of ether oxygens (including phenoxy) is 1. The predicted molar refractivity (Wildman–Crippen MR) is 114 cm³/mol. The molecule has 140 valence electrons. The number of hydrogen-bond donors (Lipinski definition) is 0. The number of pyridine rings is 1. The highest BCUT2D eigenvalue weighted by Gasteiger charge is 2.23. The molecule has 1 aliphatic heterocycles. The van der Waals surface area contributed by atoms with Gasteiger partial charge in [0.25, 0.3) is 0 Å². The number of nitrogens with zero attached hydrogens (tertiary/aromatic N) is 2. The summed E-state index contributed by atoms with van der Waals surface area (Å²) in [7, 11) is 0. The fourth-order valence-electron chi connectivity index (χ4n) is 3.98. The van der Waals surface area contributed by atoms with E-state index in [2.05, 4.69) is 68.3 Å². The van der Waals surface area contributed by atoms with Gasteiger partial charge in [0, 0.05) is 25.0 Å². The minimum atomic E-state index is 0.500. The van der Waals surface area contributed by atoms with Crippen molar-refractivity contribution >= 4 is 26.7 Å². The van der Waals surface area contributed by atoms with Crippen LogP contribution in [0.5, 0.6) is 5.75 Å². The van der Waals surface area contributed by atoms with Gasteiger partial charge in [0.1, 0.15) is 5.75 Å². The van der Waals surface area contributed by atoms with Crippen molar-refractivity contribution in [3.8, 4) is 5.75 Å². The molecule has 27 heavy (non-hydrogen) atoms. The van der Waals surface area contributed by atoms with Crippen molar-refractivity contribution in [3.05, 3.63) is 71.0 Å². The van der Waals surface area contributed by atoms with Crippen LogP contribution in [-0.4, -0.2) is 29.6 Å². The molecule has 1 fully saturated rings. The smallest absolute Gasteiger partial charge is 0.134 e. The van der Waals surface area contributed by atoms with Crippen molar-refractivity contribution in [1.29, 1.82) is 0 Å². The monoisotopic (exact) mass is 424 g/mol. The Kier molecular flexibility index (Phi) is 6.05. The van der Waals surface area contributed by atoms with Gasteiger partial charge >= 0.3 is 0 Å². The highest BCUT2D eigenvalue weighted by Crippen LogP contribution is 2.33. The van der Waals surface area contributed by atoms with Crippen LogP contribution in [0.4, 0.5) is 0 Å². The maximum Gasteiger partial charge on any atom is 0.134 e. The maximum absolute atomic E-state index is 6.09. The summed E-state index contributed by atoms with van der Waals surface area (Å²) < 4.78 is 7.14. The average molecular weight is 425 g/mol. The topological polar surface area (TPSA) is 25.4 Å². The maximum atomic E-state index is 6.09. The van der Waals surface area contributed by atoms with Crippen LogP contribution in [0.25, 0.3) is 10.8 Å². The zero-order valence-corrected chi connectivity index (χ0v) is 17.1. The van der Waals surface area contributed by atoms with E-state index in [0.717, 1.165) is 29.8 Å². The van der Waals surface area contributed by atoms with Gasteiger partial charge in [-0.2, -0.15) is 0 Å². The lowest BCUT2D eigenvalue weighted by Crippen LogP contribution is -2.34. The number of benzene rings is 2. The number of likely N-dealkylation sites (tertiary alicyclic amines) is 1. The first-order valence-corrected chi connectivity index (χ1v) is 10.6. The third-order valence-corrected chi connectivity index (χ3v) is 6.18. The number of aromatic nitrogens is 1. The highest BCUT2D eigenvalue weighted by molar-refractivity contribution is 9.10. The summed E-state index contributed by atoms with van der Waals surface area (Å²) in [6.45, 7) is 2.96. The molecule has 2 heterocycles. The van der Waals surface area contributed by atoms with Crippen LogP contribution in [0.15, 0.2) is 65.4 Å². The lowest BCUT2D eigenvalue weighted by molar-refractivity contribution is 0.137. The molecule has 1 aliphatic rings. The number of hydrogen-bond acceptors (Lipinski definition) is 3.